The average Bonchev–Trinajstić information content (AvgIpc) is 2.93. The van der Waals surface area contributed by atoms with E-state index in [1.807, 2.05) is 0 Å². The van der Waals surface area contributed by atoms with Crippen molar-refractivity contribution in [1.82, 2.24) is 14.5 Å². The molecule has 0 bridgehead atoms. The van der Waals surface area contributed by atoms with E-state index in [1.165, 1.54) is 37.3 Å². The third kappa shape index (κ3) is 2.09. The summed E-state index contributed by atoms with van der Waals surface area (Å²) in [5.74, 6) is 2.12. The van der Waals surface area contributed by atoms with Crippen LogP contribution in [0.2, 0.25) is 0 Å². The Hall–Kier alpha value is -0.830. The quantitative estimate of drug-likeness (QED) is 0.801. The Kier molecular flexibility index (Phi) is 3.18. The predicted molar refractivity (Wildman–Crippen MR) is 73.5 cm³/mol. The van der Waals surface area contributed by atoms with Crippen molar-refractivity contribution in [2.24, 2.45) is 5.92 Å². The zero-order chi connectivity index (χ0) is 12.7. The highest BCUT2D eigenvalue weighted by atomic mass is 15.2. The van der Waals surface area contributed by atoms with Crippen LogP contribution in [0.25, 0.3) is 0 Å². The molecular weight excluding hydrogens is 222 g/mol. The first-order valence-corrected chi connectivity index (χ1v) is 7.47. The summed E-state index contributed by atoms with van der Waals surface area (Å²) in [6, 6.07) is 1.20. The highest BCUT2D eigenvalue weighted by molar-refractivity contribution is 5.13. The zero-order valence-electron chi connectivity index (χ0n) is 11.9. The first-order valence-electron chi connectivity index (χ1n) is 7.47. The zero-order valence-corrected chi connectivity index (χ0v) is 11.9. The lowest BCUT2D eigenvalue weighted by molar-refractivity contribution is 0.202. The highest BCUT2D eigenvalue weighted by Gasteiger charge is 2.30. The Bertz CT molecular complexity index is 421. The number of rotatable bonds is 2. The van der Waals surface area contributed by atoms with Crippen molar-refractivity contribution in [1.29, 1.82) is 0 Å². The Morgan fingerprint density at radius 3 is 2.89 bits per heavy atom. The number of hydrogen-bond acceptors (Lipinski definition) is 2. The molecule has 0 radical (unpaired) electrons. The van der Waals surface area contributed by atoms with Crippen molar-refractivity contribution in [2.45, 2.75) is 65.1 Å². The number of nitrogens with zero attached hydrogens (tertiary/aromatic N) is 3. The number of hydrogen-bond donors (Lipinski definition) is 0. The summed E-state index contributed by atoms with van der Waals surface area (Å²) in [5.41, 5.74) is 1.32. The summed E-state index contributed by atoms with van der Waals surface area (Å²) >= 11 is 0. The topological polar surface area (TPSA) is 21.1 Å². The molecule has 0 aromatic carbocycles. The fourth-order valence-corrected chi connectivity index (χ4v) is 3.49. The van der Waals surface area contributed by atoms with E-state index >= 15 is 0 Å². The second-order valence-corrected chi connectivity index (χ2v) is 6.36. The maximum Gasteiger partial charge on any atom is 0.109 e. The Morgan fingerprint density at radius 2 is 2.11 bits per heavy atom. The number of likely N-dealkylation sites (tertiary alicyclic amines) is 1. The molecule has 1 saturated heterocycles. The molecule has 0 saturated carbocycles. The second kappa shape index (κ2) is 4.69. The number of imidazole rings is 1. The van der Waals surface area contributed by atoms with Gasteiger partial charge in [0.2, 0.25) is 0 Å². The van der Waals surface area contributed by atoms with E-state index in [1.54, 1.807) is 0 Å². The molecule has 100 valence electrons. The third-order valence-corrected chi connectivity index (χ3v) is 4.57. The summed E-state index contributed by atoms with van der Waals surface area (Å²) in [6.45, 7) is 9.35. The van der Waals surface area contributed by atoms with Crippen molar-refractivity contribution in [3.63, 3.8) is 0 Å². The van der Waals surface area contributed by atoms with Crippen LogP contribution in [-0.2, 0) is 13.0 Å². The lowest BCUT2D eigenvalue weighted by Crippen LogP contribution is -2.30. The maximum absolute atomic E-state index is 4.94. The van der Waals surface area contributed by atoms with Gasteiger partial charge in [-0.2, -0.15) is 0 Å². The summed E-state index contributed by atoms with van der Waals surface area (Å²) in [6.07, 6.45) is 7.40. The molecule has 1 fully saturated rings. The van der Waals surface area contributed by atoms with Crippen LogP contribution >= 0.6 is 0 Å². The summed E-state index contributed by atoms with van der Waals surface area (Å²) in [4.78, 5) is 7.55. The fraction of sp³-hybridized carbons (Fsp3) is 0.800. The van der Waals surface area contributed by atoms with E-state index in [0.29, 0.717) is 12.1 Å². The molecule has 18 heavy (non-hydrogen) atoms. The van der Waals surface area contributed by atoms with E-state index in [0.717, 1.165) is 18.9 Å². The van der Waals surface area contributed by atoms with Crippen molar-refractivity contribution in [3.05, 3.63) is 17.7 Å². The molecule has 2 aliphatic heterocycles. The molecule has 3 rings (SSSR count). The predicted octanol–water partition coefficient (Wildman–Crippen LogP) is 3.01. The summed E-state index contributed by atoms with van der Waals surface area (Å²) < 4.78 is 2.40. The molecule has 0 aliphatic carbocycles. The van der Waals surface area contributed by atoms with Gasteiger partial charge in [0.25, 0.3) is 0 Å². The number of fused-ring (bicyclic) bond motifs is 1. The van der Waals surface area contributed by atoms with E-state index in [-0.39, 0.29) is 0 Å². The monoisotopic (exact) mass is 247 g/mol. The molecule has 0 N–H and O–H groups in total. The van der Waals surface area contributed by atoms with Crippen molar-refractivity contribution in [3.8, 4) is 0 Å². The molecule has 1 aromatic rings. The minimum atomic E-state index is 0.568. The van der Waals surface area contributed by atoms with Crippen LogP contribution in [0.3, 0.4) is 0 Å². The van der Waals surface area contributed by atoms with Crippen molar-refractivity contribution in [2.75, 3.05) is 6.54 Å². The van der Waals surface area contributed by atoms with Gasteiger partial charge in [0.1, 0.15) is 5.82 Å². The van der Waals surface area contributed by atoms with Gasteiger partial charge in [-0.3, -0.25) is 4.90 Å². The van der Waals surface area contributed by atoms with Gasteiger partial charge in [-0.25, -0.2) is 4.98 Å². The molecule has 1 aromatic heterocycles. The van der Waals surface area contributed by atoms with Crippen LogP contribution in [-0.4, -0.2) is 27.0 Å². The van der Waals surface area contributed by atoms with Gasteiger partial charge in [0.15, 0.2) is 0 Å². The highest BCUT2D eigenvalue weighted by Crippen LogP contribution is 2.34. The minimum Gasteiger partial charge on any atom is -0.335 e. The van der Waals surface area contributed by atoms with Crippen LogP contribution in [0.4, 0.5) is 0 Å². The molecule has 3 nitrogen and oxygen atoms in total. The SMILES string of the molecule is CC1CCn2cc(C3CCCN3C(C)C)nc2C1. The smallest absolute Gasteiger partial charge is 0.109 e. The van der Waals surface area contributed by atoms with E-state index < -0.39 is 0 Å². The largest absolute Gasteiger partial charge is 0.335 e. The van der Waals surface area contributed by atoms with Crippen molar-refractivity contribution < 1.29 is 0 Å². The number of aryl methyl sites for hydroxylation is 1. The van der Waals surface area contributed by atoms with Crippen LogP contribution in [0, 0.1) is 5.92 Å². The first-order chi connectivity index (χ1) is 8.65. The van der Waals surface area contributed by atoms with Crippen LogP contribution < -0.4 is 0 Å². The van der Waals surface area contributed by atoms with Gasteiger partial charge in [-0.05, 0) is 45.6 Å². The van der Waals surface area contributed by atoms with Gasteiger partial charge >= 0.3 is 0 Å². The molecule has 0 amide bonds. The molecular formula is C15H25N3. The Labute approximate surface area is 110 Å². The van der Waals surface area contributed by atoms with Gasteiger partial charge in [-0.15, -0.1) is 0 Å². The fourth-order valence-electron chi connectivity index (χ4n) is 3.49. The Morgan fingerprint density at radius 1 is 1.28 bits per heavy atom. The molecule has 2 unspecified atom stereocenters. The first kappa shape index (κ1) is 12.2. The van der Waals surface area contributed by atoms with E-state index in [4.69, 9.17) is 4.98 Å². The third-order valence-electron chi connectivity index (χ3n) is 4.57. The number of aromatic nitrogens is 2. The molecule has 3 heterocycles. The molecule has 2 atom stereocenters. The van der Waals surface area contributed by atoms with Crippen LogP contribution in [0.5, 0.6) is 0 Å². The van der Waals surface area contributed by atoms with Crippen molar-refractivity contribution >= 4 is 0 Å². The standard InChI is InChI=1S/C15H25N3/c1-11(2)18-7-4-5-14(18)13-10-17-8-6-12(3)9-15(17)16-13/h10-12,14H,4-9H2,1-3H3. The second-order valence-electron chi connectivity index (χ2n) is 6.36. The van der Waals surface area contributed by atoms with E-state index in [2.05, 4.69) is 36.4 Å². The van der Waals surface area contributed by atoms with E-state index in [9.17, 15) is 0 Å². The van der Waals surface area contributed by atoms with Gasteiger partial charge in [0.05, 0.1) is 11.7 Å². The molecule has 0 spiro atoms. The van der Waals surface area contributed by atoms with Gasteiger partial charge in [0, 0.05) is 25.2 Å². The van der Waals surface area contributed by atoms with Gasteiger partial charge < -0.3 is 4.57 Å². The van der Waals surface area contributed by atoms with Gasteiger partial charge in [-0.1, -0.05) is 6.92 Å². The maximum atomic E-state index is 4.94. The normalized spacial score (nSPS) is 28.9. The van der Waals surface area contributed by atoms with Crippen LogP contribution in [0.1, 0.15) is 57.6 Å². The average molecular weight is 247 g/mol. The minimum absolute atomic E-state index is 0.568. The molecule has 3 heteroatoms. The van der Waals surface area contributed by atoms with Crippen LogP contribution in [0.15, 0.2) is 6.20 Å². The summed E-state index contributed by atoms with van der Waals surface area (Å²) in [5, 5.41) is 0. The molecule has 2 aliphatic rings. The Balaban J connectivity index is 1.84. The lowest BCUT2D eigenvalue weighted by atomic mass is 10.0. The summed E-state index contributed by atoms with van der Waals surface area (Å²) in [7, 11) is 0. The lowest BCUT2D eigenvalue weighted by Gasteiger charge is -2.26.